The number of aromatic amines is 1. The molecule has 0 bridgehead atoms. The van der Waals surface area contributed by atoms with E-state index in [9.17, 15) is 9.59 Å². The molecule has 0 aliphatic carbocycles. The van der Waals surface area contributed by atoms with Crippen molar-refractivity contribution in [3.63, 3.8) is 0 Å². The van der Waals surface area contributed by atoms with Gasteiger partial charge in [-0.15, -0.1) is 0 Å². The van der Waals surface area contributed by atoms with Crippen LogP contribution in [-0.4, -0.2) is 38.3 Å². The van der Waals surface area contributed by atoms with Crippen LogP contribution < -0.4 is 4.74 Å². The Bertz CT molecular complexity index is 659. The highest BCUT2D eigenvalue weighted by Crippen LogP contribution is 2.27. The van der Waals surface area contributed by atoms with Crippen molar-refractivity contribution < 1.29 is 23.8 Å². The first-order chi connectivity index (χ1) is 9.60. The summed E-state index contributed by atoms with van der Waals surface area (Å²) in [7, 11) is 4.15. The van der Waals surface area contributed by atoms with Crippen molar-refractivity contribution in [2.75, 3.05) is 21.3 Å². The first-order valence-corrected chi connectivity index (χ1v) is 5.94. The summed E-state index contributed by atoms with van der Waals surface area (Å²) in [5.41, 5.74) is 1.51. The number of aromatic nitrogens is 1. The maximum Gasteiger partial charge on any atom is 0.354 e. The molecule has 0 fully saturated rings. The first-order valence-electron chi connectivity index (χ1n) is 5.94. The lowest BCUT2D eigenvalue weighted by molar-refractivity contribution is -0.139. The number of carbonyl (C=O) groups is 2. The number of esters is 2. The summed E-state index contributed by atoms with van der Waals surface area (Å²) in [6.07, 6.45) is -0.00668. The van der Waals surface area contributed by atoms with Crippen LogP contribution in [-0.2, 0) is 20.7 Å². The van der Waals surface area contributed by atoms with E-state index in [1.54, 1.807) is 25.3 Å². The van der Waals surface area contributed by atoms with E-state index in [4.69, 9.17) is 9.47 Å². The Balaban J connectivity index is 2.59. The lowest BCUT2D eigenvalue weighted by Gasteiger charge is -2.02. The van der Waals surface area contributed by atoms with Gasteiger partial charge in [0, 0.05) is 17.0 Å². The first kappa shape index (κ1) is 13.9. The monoisotopic (exact) mass is 277 g/mol. The summed E-state index contributed by atoms with van der Waals surface area (Å²) >= 11 is 0. The molecular weight excluding hydrogens is 262 g/mol. The van der Waals surface area contributed by atoms with E-state index in [1.165, 1.54) is 14.2 Å². The molecule has 0 spiro atoms. The van der Waals surface area contributed by atoms with Gasteiger partial charge in [-0.25, -0.2) is 4.79 Å². The van der Waals surface area contributed by atoms with Crippen molar-refractivity contribution in [2.45, 2.75) is 6.42 Å². The van der Waals surface area contributed by atoms with E-state index < -0.39 is 11.9 Å². The summed E-state index contributed by atoms with van der Waals surface area (Å²) < 4.78 is 14.5. The topological polar surface area (TPSA) is 77.6 Å². The molecule has 0 atom stereocenters. The molecule has 2 rings (SSSR count). The number of fused-ring (bicyclic) bond motifs is 1. The van der Waals surface area contributed by atoms with Crippen LogP contribution in [0.15, 0.2) is 18.2 Å². The number of carbonyl (C=O) groups excluding carboxylic acids is 2. The second-order valence-corrected chi connectivity index (χ2v) is 4.13. The van der Waals surface area contributed by atoms with Crippen LogP contribution in [0.3, 0.4) is 0 Å². The van der Waals surface area contributed by atoms with Gasteiger partial charge in [0.1, 0.15) is 11.4 Å². The zero-order valence-electron chi connectivity index (χ0n) is 11.5. The van der Waals surface area contributed by atoms with Gasteiger partial charge in [0.05, 0.1) is 33.3 Å². The Labute approximate surface area is 115 Å². The quantitative estimate of drug-likeness (QED) is 0.860. The van der Waals surface area contributed by atoms with Crippen LogP contribution >= 0.6 is 0 Å². The SMILES string of the molecule is COC(=O)Cc1c(C(=O)OC)[nH]c2cc(OC)ccc12. The Morgan fingerprint density at radius 3 is 2.50 bits per heavy atom. The highest BCUT2D eigenvalue weighted by molar-refractivity contribution is 6.00. The molecule has 6 heteroatoms. The van der Waals surface area contributed by atoms with E-state index in [0.717, 1.165) is 5.39 Å². The van der Waals surface area contributed by atoms with Crippen LogP contribution in [0, 0.1) is 0 Å². The molecule has 0 aliphatic heterocycles. The average Bonchev–Trinajstić information content (AvgIpc) is 2.83. The fourth-order valence-corrected chi connectivity index (χ4v) is 2.04. The van der Waals surface area contributed by atoms with Crippen molar-refractivity contribution in [2.24, 2.45) is 0 Å². The molecule has 0 unspecified atom stereocenters. The highest BCUT2D eigenvalue weighted by atomic mass is 16.5. The van der Waals surface area contributed by atoms with Gasteiger partial charge in [-0.05, 0) is 12.1 Å². The van der Waals surface area contributed by atoms with Gasteiger partial charge in [-0.2, -0.15) is 0 Å². The van der Waals surface area contributed by atoms with E-state index in [0.29, 0.717) is 16.8 Å². The van der Waals surface area contributed by atoms with E-state index in [-0.39, 0.29) is 12.1 Å². The van der Waals surface area contributed by atoms with Crippen molar-refractivity contribution in [3.8, 4) is 5.75 Å². The van der Waals surface area contributed by atoms with Crippen LogP contribution in [0.2, 0.25) is 0 Å². The van der Waals surface area contributed by atoms with Gasteiger partial charge in [0.25, 0.3) is 0 Å². The van der Waals surface area contributed by atoms with Gasteiger partial charge in [0.15, 0.2) is 0 Å². The Kier molecular flexibility index (Phi) is 3.93. The van der Waals surface area contributed by atoms with Gasteiger partial charge >= 0.3 is 11.9 Å². The molecule has 106 valence electrons. The van der Waals surface area contributed by atoms with Crippen molar-refractivity contribution in [3.05, 3.63) is 29.5 Å². The maximum absolute atomic E-state index is 11.8. The Morgan fingerprint density at radius 1 is 1.15 bits per heavy atom. The summed E-state index contributed by atoms with van der Waals surface area (Å²) in [4.78, 5) is 26.2. The predicted octanol–water partition coefficient (Wildman–Crippen LogP) is 1.68. The van der Waals surface area contributed by atoms with Gasteiger partial charge in [-0.1, -0.05) is 0 Å². The molecule has 0 amide bonds. The number of ether oxygens (including phenoxy) is 3. The fraction of sp³-hybridized carbons (Fsp3) is 0.286. The third-order valence-corrected chi connectivity index (χ3v) is 3.05. The van der Waals surface area contributed by atoms with Crippen LogP contribution in [0.1, 0.15) is 16.1 Å². The molecule has 1 aromatic heterocycles. The van der Waals surface area contributed by atoms with Gasteiger partial charge in [-0.3, -0.25) is 4.79 Å². The largest absolute Gasteiger partial charge is 0.497 e. The highest BCUT2D eigenvalue weighted by Gasteiger charge is 2.21. The summed E-state index contributed by atoms with van der Waals surface area (Å²) in [5, 5.41) is 0.761. The maximum atomic E-state index is 11.8. The minimum Gasteiger partial charge on any atom is -0.497 e. The number of methoxy groups -OCH3 is 3. The number of hydrogen-bond donors (Lipinski definition) is 1. The standard InChI is InChI=1S/C14H15NO5/c1-18-8-4-5-9-10(7-12(16)19-2)13(14(17)20-3)15-11(9)6-8/h4-6,15H,7H2,1-3H3. The fourth-order valence-electron chi connectivity index (χ4n) is 2.04. The van der Waals surface area contributed by atoms with Gasteiger partial charge < -0.3 is 19.2 Å². The molecule has 6 nitrogen and oxygen atoms in total. The van der Waals surface area contributed by atoms with Gasteiger partial charge in [0.2, 0.25) is 0 Å². The van der Waals surface area contributed by atoms with Crippen LogP contribution in [0.5, 0.6) is 5.75 Å². The number of hydrogen-bond acceptors (Lipinski definition) is 5. The number of nitrogens with one attached hydrogen (secondary N) is 1. The molecule has 0 radical (unpaired) electrons. The number of rotatable bonds is 4. The second-order valence-electron chi connectivity index (χ2n) is 4.13. The Hall–Kier alpha value is -2.50. The average molecular weight is 277 g/mol. The van der Waals surface area contributed by atoms with E-state index in [1.807, 2.05) is 0 Å². The minimum atomic E-state index is -0.529. The second kappa shape index (κ2) is 5.64. The van der Waals surface area contributed by atoms with E-state index in [2.05, 4.69) is 9.72 Å². The van der Waals surface area contributed by atoms with E-state index >= 15 is 0 Å². The molecule has 0 saturated carbocycles. The molecule has 1 aromatic carbocycles. The number of H-pyrrole nitrogens is 1. The van der Waals surface area contributed by atoms with Crippen LogP contribution in [0.4, 0.5) is 0 Å². The molecular formula is C14H15NO5. The van der Waals surface area contributed by atoms with Crippen molar-refractivity contribution >= 4 is 22.8 Å². The summed E-state index contributed by atoms with van der Waals surface area (Å²) in [6, 6.07) is 5.30. The molecule has 1 N–H and O–H groups in total. The third-order valence-electron chi connectivity index (χ3n) is 3.05. The number of benzene rings is 1. The minimum absolute atomic E-state index is 0.00668. The zero-order chi connectivity index (χ0) is 14.7. The lowest BCUT2D eigenvalue weighted by atomic mass is 10.1. The van der Waals surface area contributed by atoms with Crippen molar-refractivity contribution in [1.82, 2.24) is 4.98 Å². The molecule has 0 saturated heterocycles. The smallest absolute Gasteiger partial charge is 0.354 e. The predicted molar refractivity (Wildman–Crippen MR) is 71.9 cm³/mol. The molecule has 0 aliphatic rings. The normalized spacial score (nSPS) is 10.3. The third kappa shape index (κ3) is 2.45. The summed E-state index contributed by atoms with van der Waals surface area (Å²) in [5.74, 6) is -0.300. The molecule has 20 heavy (non-hydrogen) atoms. The molecule has 1 heterocycles. The van der Waals surface area contributed by atoms with Crippen molar-refractivity contribution in [1.29, 1.82) is 0 Å². The lowest BCUT2D eigenvalue weighted by Crippen LogP contribution is -2.10. The summed E-state index contributed by atoms with van der Waals surface area (Å²) in [6.45, 7) is 0. The Morgan fingerprint density at radius 2 is 1.90 bits per heavy atom. The molecule has 2 aromatic rings. The van der Waals surface area contributed by atoms with Crippen LogP contribution in [0.25, 0.3) is 10.9 Å². The zero-order valence-corrected chi connectivity index (χ0v) is 11.5.